The number of pyridine rings is 1. The summed E-state index contributed by atoms with van der Waals surface area (Å²) in [6, 6.07) is 6.10. The number of carbonyl (C=O) groups is 1. The van der Waals surface area contributed by atoms with Crippen LogP contribution in [-0.2, 0) is 18.4 Å². The number of hydrogen-bond acceptors (Lipinski definition) is 4. The molecule has 0 fully saturated rings. The number of rotatable bonds is 6. The van der Waals surface area contributed by atoms with E-state index in [0.29, 0.717) is 0 Å². The lowest BCUT2D eigenvalue weighted by Gasteiger charge is -2.12. The van der Waals surface area contributed by atoms with Gasteiger partial charge in [-0.2, -0.15) is 10.2 Å². The molecule has 0 saturated carbocycles. The molecule has 0 unspecified atom stereocenters. The molecule has 5 aromatic rings. The van der Waals surface area contributed by atoms with Crippen molar-refractivity contribution in [3.63, 3.8) is 0 Å². The molecule has 1 amide bonds. The summed E-state index contributed by atoms with van der Waals surface area (Å²) in [4.78, 5) is 20.5. The molecule has 0 radical (unpaired) electrons. The zero-order valence-corrected chi connectivity index (χ0v) is 21.2. The second-order valence-corrected chi connectivity index (χ2v) is 8.98. The van der Waals surface area contributed by atoms with E-state index < -0.39 is 0 Å². The Bertz CT molecular complexity index is 1640. The van der Waals surface area contributed by atoms with E-state index in [9.17, 15) is 4.79 Å². The summed E-state index contributed by atoms with van der Waals surface area (Å²) in [6.07, 6.45) is 8.93. The zero-order chi connectivity index (χ0) is 25.6. The second-order valence-electron chi connectivity index (χ2n) is 8.98. The number of benzene rings is 1. The number of nitrogens with one attached hydrogen (secondary N) is 2. The van der Waals surface area contributed by atoms with Gasteiger partial charge in [-0.1, -0.05) is 18.7 Å². The molecule has 8 heteroatoms. The maximum absolute atomic E-state index is 12.1. The summed E-state index contributed by atoms with van der Waals surface area (Å²) in [7, 11) is 1.90. The lowest BCUT2D eigenvalue weighted by atomic mass is 9.93. The lowest BCUT2D eigenvalue weighted by molar-refractivity contribution is -0.111. The third-order valence-electron chi connectivity index (χ3n) is 6.74. The molecule has 4 aromatic heterocycles. The SMILES string of the molecule is C=CC(=O)Nc1cc(-c2c(-c3cnn(C)c3)[nH]c3ncc(-c4cnn(CC)c4C)c(C)c23)ccc1C.[HH].[HH]. The van der Waals surface area contributed by atoms with Gasteiger partial charge in [-0.05, 0) is 56.5 Å². The van der Waals surface area contributed by atoms with Crippen LogP contribution < -0.4 is 5.32 Å². The molecule has 1 aromatic carbocycles. The standard InChI is InChI=1S/C28H29N7O.2H2/c1-7-24(36)32-23-11-19(10-9-16(23)3)26-25-17(4)21(22-14-31-35(8-2)18(22)5)13-29-28(25)33-27(26)20-12-30-34(6)15-20;;/h7,9-15H,1,8H2,2-6H3,(H,29,33)(H,32,36);2*1H. The van der Waals surface area contributed by atoms with Crippen LogP contribution in [-0.4, -0.2) is 35.4 Å². The highest BCUT2D eigenvalue weighted by Crippen LogP contribution is 2.42. The van der Waals surface area contributed by atoms with Crippen LogP contribution in [0.15, 0.2) is 55.6 Å². The van der Waals surface area contributed by atoms with Crippen LogP contribution in [0.5, 0.6) is 0 Å². The summed E-state index contributed by atoms with van der Waals surface area (Å²) < 4.78 is 3.77. The van der Waals surface area contributed by atoms with Crippen molar-refractivity contribution in [2.75, 3.05) is 5.32 Å². The molecule has 8 nitrogen and oxygen atoms in total. The van der Waals surface area contributed by atoms with Crippen LogP contribution >= 0.6 is 0 Å². The van der Waals surface area contributed by atoms with Crippen molar-refractivity contribution in [3.05, 3.63) is 72.5 Å². The highest BCUT2D eigenvalue weighted by Gasteiger charge is 2.22. The number of aryl methyl sites for hydroxylation is 4. The molecular weight excluding hydrogens is 450 g/mol. The van der Waals surface area contributed by atoms with E-state index >= 15 is 0 Å². The van der Waals surface area contributed by atoms with Gasteiger partial charge in [0.05, 0.1) is 18.1 Å². The first kappa shape index (κ1) is 23.3. The van der Waals surface area contributed by atoms with E-state index in [1.807, 2.05) is 55.6 Å². The van der Waals surface area contributed by atoms with Crippen molar-refractivity contribution >= 4 is 22.6 Å². The van der Waals surface area contributed by atoms with E-state index in [-0.39, 0.29) is 8.76 Å². The number of hydrogen-bond donors (Lipinski definition) is 2. The van der Waals surface area contributed by atoms with Gasteiger partial charge >= 0.3 is 0 Å². The number of aromatic nitrogens is 6. The maximum atomic E-state index is 12.1. The van der Waals surface area contributed by atoms with Gasteiger partial charge in [0.2, 0.25) is 5.91 Å². The van der Waals surface area contributed by atoms with Gasteiger partial charge in [0.25, 0.3) is 0 Å². The Morgan fingerprint density at radius 2 is 1.94 bits per heavy atom. The number of carbonyl (C=O) groups excluding carboxylic acids is 1. The molecule has 0 atom stereocenters. The molecule has 36 heavy (non-hydrogen) atoms. The summed E-state index contributed by atoms with van der Waals surface area (Å²) >= 11 is 0. The van der Waals surface area contributed by atoms with Crippen molar-refractivity contribution in [2.45, 2.75) is 34.2 Å². The van der Waals surface area contributed by atoms with E-state index in [1.165, 1.54) is 6.08 Å². The molecule has 5 rings (SSSR count). The van der Waals surface area contributed by atoms with Crippen LogP contribution in [0.1, 0.15) is 26.6 Å². The zero-order valence-electron chi connectivity index (χ0n) is 21.2. The molecule has 186 valence electrons. The molecule has 0 aliphatic rings. The predicted molar refractivity (Wildman–Crippen MR) is 148 cm³/mol. The van der Waals surface area contributed by atoms with Gasteiger partial charge < -0.3 is 10.3 Å². The van der Waals surface area contributed by atoms with Crippen molar-refractivity contribution in [1.82, 2.24) is 29.5 Å². The fourth-order valence-corrected chi connectivity index (χ4v) is 4.76. The third kappa shape index (κ3) is 3.80. The van der Waals surface area contributed by atoms with Crippen LogP contribution in [0.25, 0.3) is 44.5 Å². The summed E-state index contributed by atoms with van der Waals surface area (Å²) in [5, 5.41) is 12.9. The van der Waals surface area contributed by atoms with E-state index in [0.717, 1.165) is 73.6 Å². The van der Waals surface area contributed by atoms with E-state index in [4.69, 9.17) is 4.98 Å². The van der Waals surface area contributed by atoms with Crippen LogP contribution in [0, 0.1) is 20.8 Å². The highest BCUT2D eigenvalue weighted by atomic mass is 16.1. The first-order valence-corrected chi connectivity index (χ1v) is 11.9. The van der Waals surface area contributed by atoms with Gasteiger partial charge in [0, 0.05) is 67.9 Å². The smallest absolute Gasteiger partial charge is 0.247 e. The van der Waals surface area contributed by atoms with Gasteiger partial charge in [-0.25, -0.2) is 4.98 Å². The average molecular weight is 484 g/mol. The molecule has 0 aliphatic heterocycles. The number of amides is 1. The number of anilines is 1. The van der Waals surface area contributed by atoms with Gasteiger partial charge in [-0.15, -0.1) is 0 Å². The minimum absolute atomic E-state index is 0. The summed E-state index contributed by atoms with van der Waals surface area (Å²) in [6.45, 7) is 12.7. The quantitative estimate of drug-likeness (QED) is 0.287. The van der Waals surface area contributed by atoms with Crippen LogP contribution in [0.2, 0.25) is 0 Å². The Hall–Kier alpha value is -4.46. The number of fused-ring (bicyclic) bond motifs is 1. The molecule has 2 N–H and O–H groups in total. The Labute approximate surface area is 212 Å². The Kier molecular flexibility index (Phi) is 5.80. The Morgan fingerprint density at radius 3 is 2.61 bits per heavy atom. The van der Waals surface area contributed by atoms with Crippen LogP contribution in [0.3, 0.4) is 0 Å². The average Bonchev–Trinajstić information content (AvgIpc) is 3.57. The minimum atomic E-state index is -0.245. The van der Waals surface area contributed by atoms with Gasteiger partial charge in [0.15, 0.2) is 0 Å². The van der Waals surface area contributed by atoms with E-state index in [1.54, 1.807) is 4.68 Å². The molecular formula is C28H33N7O. The highest BCUT2D eigenvalue weighted by molar-refractivity contribution is 6.07. The summed E-state index contributed by atoms with van der Waals surface area (Å²) in [5.41, 5.74) is 10.7. The number of aromatic amines is 1. The molecule has 0 spiro atoms. The van der Waals surface area contributed by atoms with Crippen LogP contribution in [0.4, 0.5) is 5.69 Å². The number of H-pyrrole nitrogens is 1. The lowest BCUT2D eigenvalue weighted by Crippen LogP contribution is -2.08. The Morgan fingerprint density at radius 1 is 1.14 bits per heavy atom. The van der Waals surface area contributed by atoms with E-state index in [2.05, 4.69) is 53.9 Å². The largest absolute Gasteiger partial charge is 0.339 e. The molecule has 4 heterocycles. The molecule has 0 bridgehead atoms. The molecule has 0 aliphatic carbocycles. The van der Waals surface area contributed by atoms with Crippen molar-refractivity contribution in [1.29, 1.82) is 0 Å². The predicted octanol–water partition coefficient (Wildman–Crippen LogP) is 6.06. The molecule has 0 saturated heterocycles. The summed E-state index contributed by atoms with van der Waals surface area (Å²) in [5.74, 6) is -0.245. The Balaban J connectivity index is 0.00000200. The monoisotopic (exact) mass is 483 g/mol. The first-order chi connectivity index (χ1) is 17.3. The minimum Gasteiger partial charge on any atom is -0.339 e. The maximum Gasteiger partial charge on any atom is 0.247 e. The van der Waals surface area contributed by atoms with Crippen molar-refractivity contribution in [2.24, 2.45) is 7.05 Å². The first-order valence-electron chi connectivity index (χ1n) is 11.9. The number of nitrogens with zero attached hydrogens (tertiary/aromatic N) is 5. The van der Waals surface area contributed by atoms with Crippen molar-refractivity contribution < 1.29 is 7.65 Å². The van der Waals surface area contributed by atoms with Gasteiger partial charge in [-0.3, -0.25) is 14.2 Å². The topological polar surface area (TPSA) is 93.4 Å². The van der Waals surface area contributed by atoms with Crippen molar-refractivity contribution in [3.8, 4) is 33.5 Å². The third-order valence-corrected chi connectivity index (χ3v) is 6.74. The fourth-order valence-electron chi connectivity index (χ4n) is 4.76. The second kappa shape index (κ2) is 8.96. The fraction of sp³-hybridized carbons (Fsp3) is 0.214. The van der Waals surface area contributed by atoms with Gasteiger partial charge in [0.1, 0.15) is 5.65 Å². The normalized spacial score (nSPS) is 11.2.